The van der Waals surface area contributed by atoms with E-state index in [9.17, 15) is 9.90 Å². The molecule has 0 amide bonds. The van der Waals surface area contributed by atoms with Gasteiger partial charge < -0.3 is 5.11 Å². The van der Waals surface area contributed by atoms with E-state index < -0.39 is 5.97 Å². The average Bonchev–Trinajstić information content (AvgIpc) is 2.46. The van der Waals surface area contributed by atoms with Gasteiger partial charge in [0.05, 0.1) is 11.1 Å². The van der Waals surface area contributed by atoms with Crippen LogP contribution in [0.5, 0.6) is 0 Å². The van der Waals surface area contributed by atoms with Crippen molar-refractivity contribution in [2.24, 2.45) is 0 Å². The monoisotopic (exact) mass is 263 g/mol. The maximum Gasteiger partial charge on any atom is 0.336 e. The average molecular weight is 263 g/mol. The van der Waals surface area contributed by atoms with Gasteiger partial charge in [-0.25, -0.2) is 4.79 Å². The SMILES string of the molecule is Cc1ccc(-c2cccc3cccnc23)c(C(=O)O)c1. The van der Waals surface area contributed by atoms with Crippen LogP contribution in [0.3, 0.4) is 0 Å². The molecular weight excluding hydrogens is 250 g/mol. The summed E-state index contributed by atoms with van der Waals surface area (Å²) in [6, 6.07) is 15.1. The van der Waals surface area contributed by atoms with Crippen molar-refractivity contribution in [2.75, 3.05) is 0 Å². The van der Waals surface area contributed by atoms with Gasteiger partial charge in [-0.1, -0.05) is 42.0 Å². The fourth-order valence-corrected chi connectivity index (χ4v) is 2.39. The number of fused-ring (bicyclic) bond motifs is 1. The van der Waals surface area contributed by atoms with E-state index in [2.05, 4.69) is 4.98 Å². The molecule has 0 aliphatic heterocycles. The lowest BCUT2D eigenvalue weighted by atomic mass is 9.96. The molecule has 0 spiro atoms. The number of hydrogen-bond acceptors (Lipinski definition) is 2. The second-order valence-electron chi connectivity index (χ2n) is 4.73. The van der Waals surface area contributed by atoms with Crippen molar-refractivity contribution in [2.45, 2.75) is 6.92 Å². The first kappa shape index (κ1) is 12.4. The second kappa shape index (κ2) is 4.78. The molecule has 2 aromatic carbocycles. The summed E-state index contributed by atoms with van der Waals surface area (Å²) in [5, 5.41) is 10.4. The minimum absolute atomic E-state index is 0.308. The number of aryl methyl sites for hydroxylation is 1. The quantitative estimate of drug-likeness (QED) is 0.762. The van der Waals surface area contributed by atoms with Gasteiger partial charge in [0.2, 0.25) is 0 Å². The summed E-state index contributed by atoms with van der Waals surface area (Å²) in [4.78, 5) is 15.9. The Balaban J connectivity index is 2.34. The van der Waals surface area contributed by atoms with Crippen LogP contribution in [0.25, 0.3) is 22.0 Å². The molecule has 0 atom stereocenters. The zero-order valence-electron chi connectivity index (χ0n) is 11.0. The topological polar surface area (TPSA) is 50.2 Å². The summed E-state index contributed by atoms with van der Waals surface area (Å²) in [7, 11) is 0. The summed E-state index contributed by atoms with van der Waals surface area (Å²) >= 11 is 0. The summed E-state index contributed by atoms with van der Waals surface area (Å²) in [6.07, 6.45) is 1.72. The Hall–Kier alpha value is -2.68. The minimum atomic E-state index is -0.920. The van der Waals surface area contributed by atoms with E-state index in [0.717, 1.165) is 22.0 Å². The van der Waals surface area contributed by atoms with E-state index in [0.29, 0.717) is 11.1 Å². The molecule has 1 aromatic heterocycles. The highest BCUT2D eigenvalue weighted by Crippen LogP contribution is 2.30. The third kappa shape index (κ3) is 2.03. The lowest BCUT2D eigenvalue weighted by Gasteiger charge is -2.10. The van der Waals surface area contributed by atoms with Crippen molar-refractivity contribution >= 4 is 16.9 Å². The number of carboxylic acid groups (broad SMARTS) is 1. The van der Waals surface area contributed by atoms with Gasteiger partial charge in [-0.05, 0) is 24.6 Å². The summed E-state index contributed by atoms with van der Waals surface area (Å²) < 4.78 is 0. The highest BCUT2D eigenvalue weighted by atomic mass is 16.4. The van der Waals surface area contributed by atoms with Gasteiger partial charge in [-0.15, -0.1) is 0 Å². The van der Waals surface area contributed by atoms with Crippen LogP contribution >= 0.6 is 0 Å². The van der Waals surface area contributed by atoms with Gasteiger partial charge in [-0.2, -0.15) is 0 Å². The number of hydrogen-bond donors (Lipinski definition) is 1. The molecule has 0 fully saturated rings. The Kier molecular flexibility index (Phi) is 2.95. The molecule has 0 saturated carbocycles. The zero-order chi connectivity index (χ0) is 14.1. The lowest BCUT2D eigenvalue weighted by Crippen LogP contribution is -2.00. The molecule has 0 aliphatic rings. The number of nitrogens with zero attached hydrogens (tertiary/aromatic N) is 1. The molecule has 0 radical (unpaired) electrons. The number of carbonyl (C=O) groups is 1. The minimum Gasteiger partial charge on any atom is -0.478 e. The molecular formula is C17H13NO2. The van der Waals surface area contributed by atoms with Crippen LogP contribution in [0, 0.1) is 6.92 Å². The van der Waals surface area contributed by atoms with Gasteiger partial charge in [0.25, 0.3) is 0 Å². The Morgan fingerprint density at radius 3 is 2.65 bits per heavy atom. The standard InChI is InChI=1S/C17H13NO2/c1-11-7-8-13(15(10-11)17(19)20)14-6-2-4-12-5-3-9-18-16(12)14/h2-10H,1H3,(H,19,20). The first-order chi connectivity index (χ1) is 9.66. The smallest absolute Gasteiger partial charge is 0.336 e. The first-order valence-corrected chi connectivity index (χ1v) is 6.35. The van der Waals surface area contributed by atoms with E-state index in [1.165, 1.54) is 0 Å². The normalized spacial score (nSPS) is 10.7. The number of rotatable bonds is 2. The molecule has 0 aliphatic carbocycles. The van der Waals surface area contributed by atoms with Crippen molar-refractivity contribution in [3.8, 4) is 11.1 Å². The van der Waals surface area contributed by atoms with E-state index in [1.807, 2.05) is 49.4 Å². The molecule has 3 heteroatoms. The maximum atomic E-state index is 11.5. The van der Waals surface area contributed by atoms with Crippen molar-refractivity contribution in [1.29, 1.82) is 0 Å². The summed E-state index contributed by atoms with van der Waals surface area (Å²) in [6.45, 7) is 1.89. The van der Waals surface area contributed by atoms with Crippen molar-refractivity contribution < 1.29 is 9.90 Å². The molecule has 1 N–H and O–H groups in total. The molecule has 98 valence electrons. The Labute approximate surface area is 116 Å². The van der Waals surface area contributed by atoms with Crippen LogP contribution in [0.15, 0.2) is 54.7 Å². The number of aromatic carboxylic acids is 1. The molecule has 3 rings (SSSR count). The predicted octanol–water partition coefficient (Wildman–Crippen LogP) is 3.91. The van der Waals surface area contributed by atoms with Crippen LogP contribution in [0.4, 0.5) is 0 Å². The number of aromatic nitrogens is 1. The number of para-hydroxylation sites is 1. The number of pyridine rings is 1. The summed E-state index contributed by atoms with van der Waals surface area (Å²) in [5.41, 5.74) is 3.61. The fraction of sp³-hybridized carbons (Fsp3) is 0.0588. The Morgan fingerprint density at radius 2 is 1.85 bits per heavy atom. The molecule has 1 heterocycles. The van der Waals surface area contributed by atoms with Gasteiger partial charge in [0.1, 0.15) is 0 Å². The second-order valence-corrected chi connectivity index (χ2v) is 4.73. The Bertz CT molecular complexity index is 804. The van der Waals surface area contributed by atoms with E-state index >= 15 is 0 Å². The largest absolute Gasteiger partial charge is 0.478 e. The van der Waals surface area contributed by atoms with E-state index in [4.69, 9.17) is 0 Å². The fourth-order valence-electron chi connectivity index (χ4n) is 2.39. The molecule has 0 saturated heterocycles. The first-order valence-electron chi connectivity index (χ1n) is 6.35. The van der Waals surface area contributed by atoms with Gasteiger partial charge in [-0.3, -0.25) is 4.98 Å². The van der Waals surface area contributed by atoms with Crippen molar-refractivity contribution in [3.63, 3.8) is 0 Å². The van der Waals surface area contributed by atoms with Crippen molar-refractivity contribution in [3.05, 3.63) is 65.9 Å². The lowest BCUT2D eigenvalue weighted by molar-refractivity contribution is 0.0697. The van der Waals surface area contributed by atoms with Crippen LogP contribution in [-0.2, 0) is 0 Å². The molecule has 3 aromatic rings. The molecule has 0 bridgehead atoms. The Morgan fingerprint density at radius 1 is 1.05 bits per heavy atom. The number of carboxylic acids is 1. The maximum absolute atomic E-state index is 11.5. The van der Waals surface area contributed by atoms with Gasteiger partial charge >= 0.3 is 5.97 Å². The van der Waals surface area contributed by atoms with Crippen LogP contribution < -0.4 is 0 Å². The zero-order valence-corrected chi connectivity index (χ0v) is 11.0. The molecule has 20 heavy (non-hydrogen) atoms. The number of benzene rings is 2. The highest BCUT2D eigenvalue weighted by molar-refractivity contribution is 6.02. The van der Waals surface area contributed by atoms with Crippen molar-refractivity contribution in [1.82, 2.24) is 4.98 Å². The predicted molar refractivity (Wildman–Crippen MR) is 78.9 cm³/mol. The molecule has 3 nitrogen and oxygen atoms in total. The third-order valence-electron chi connectivity index (χ3n) is 3.33. The van der Waals surface area contributed by atoms with Crippen LogP contribution in [0.1, 0.15) is 15.9 Å². The van der Waals surface area contributed by atoms with Gasteiger partial charge in [0, 0.05) is 17.1 Å². The highest BCUT2D eigenvalue weighted by Gasteiger charge is 2.14. The van der Waals surface area contributed by atoms with Crippen LogP contribution in [-0.4, -0.2) is 16.1 Å². The summed E-state index contributed by atoms with van der Waals surface area (Å²) in [5.74, 6) is -0.920. The third-order valence-corrected chi connectivity index (χ3v) is 3.33. The van der Waals surface area contributed by atoms with E-state index in [-0.39, 0.29) is 0 Å². The molecule has 0 unspecified atom stereocenters. The van der Waals surface area contributed by atoms with Crippen LogP contribution in [0.2, 0.25) is 0 Å². The van der Waals surface area contributed by atoms with Gasteiger partial charge in [0.15, 0.2) is 0 Å². The van der Waals surface area contributed by atoms with E-state index in [1.54, 1.807) is 12.3 Å².